The average molecular weight is 316 g/mol. The Labute approximate surface area is 97.4 Å². The fourth-order valence-corrected chi connectivity index (χ4v) is 4.19. The van der Waals surface area contributed by atoms with Crippen LogP contribution in [0.1, 0.15) is 33.1 Å². The Kier molecular flexibility index (Phi) is 11.7. The van der Waals surface area contributed by atoms with Crippen LogP contribution in [0.25, 0.3) is 0 Å². The second-order valence-electron chi connectivity index (χ2n) is 3.00. The Hall–Kier alpha value is 0.867. The third-order valence-electron chi connectivity index (χ3n) is 1.59. The zero-order chi connectivity index (χ0) is 9.94. The van der Waals surface area contributed by atoms with Crippen LogP contribution in [-0.4, -0.2) is 26.9 Å². The maximum absolute atomic E-state index is 5.71. The molecule has 0 saturated carbocycles. The summed E-state index contributed by atoms with van der Waals surface area (Å²) < 4.78 is 12.6. The SMILES string of the molecule is CCCO[SiH](CCCI)OCCC. The van der Waals surface area contributed by atoms with Crippen molar-refractivity contribution in [3.63, 3.8) is 0 Å². The average Bonchev–Trinajstić information content (AvgIpc) is 2.17. The standard InChI is InChI=1S/C9H21IO2Si/c1-3-7-11-13(9-5-6-10)12-8-4-2/h13H,3-9H2,1-2H3. The largest absolute Gasteiger partial charge is 0.397 e. The lowest BCUT2D eigenvalue weighted by Crippen LogP contribution is -2.23. The Morgan fingerprint density at radius 1 is 1.08 bits per heavy atom. The van der Waals surface area contributed by atoms with Gasteiger partial charge in [0.1, 0.15) is 0 Å². The Bertz CT molecular complexity index is 84.6. The highest BCUT2D eigenvalue weighted by Gasteiger charge is 2.11. The first kappa shape index (κ1) is 13.9. The molecule has 0 aliphatic heterocycles. The molecule has 0 N–H and O–H groups in total. The molecule has 0 spiro atoms. The molecule has 0 unspecified atom stereocenters. The van der Waals surface area contributed by atoms with Crippen LogP contribution >= 0.6 is 22.6 Å². The second kappa shape index (κ2) is 10.9. The van der Waals surface area contributed by atoms with Crippen LogP contribution in [0.4, 0.5) is 0 Å². The molecule has 0 aromatic carbocycles. The van der Waals surface area contributed by atoms with Gasteiger partial charge in [0, 0.05) is 13.2 Å². The predicted octanol–water partition coefficient (Wildman–Crippen LogP) is 2.89. The molecule has 0 saturated heterocycles. The van der Waals surface area contributed by atoms with Crippen molar-refractivity contribution >= 4 is 31.9 Å². The Morgan fingerprint density at radius 3 is 2.00 bits per heavy atom. The maximum atomic E-state index is 5.71. The lowest BCUT2D eigenvalue weighted by molar-refractivity contribution is 0.196. The molecule has 0 bridgehead atoms. The summed E-state index contributed by atoms with van der Waals surface area (Å²) in [6.45, 7) is 6.04. The molecule has 2 nitrogen and oxygen atoms in total. The van der Waals surface area contributed by atoms with E-state index in [0.29, 0.717) is 0 Å². The molecule has 13 heavy (non-hydrogen) atoms. The fourth-order valence-electron chi connectivity index (χ4n) is 0.957. The highest BCUT2D eigenvalue weighted by molar-refractivity contribution is 14.1. The number of alkyl halides is 1. The highest BCUT2D eigenvalue weighted by Crippen LogP contribution is 2.05. The van der Waals surface area contributed by atoms with Gasteiger partial charge in [0.25, 0.3) is 0 Å². The van der Waals surface area contributed by atoms with Crippen molar-refractivity contribution in [1.29, 1.82) is 0 Å². The number of rotatable bonds is 9. The van der Waals surface area contributed by atoms with Gasteiger partial charge in [-0.2, -0.15) is 0 Å². The zero-order valence-electron chi connectivity index (χ0n) is 8.72. The summed E-state index contributed by atoms with van der Waals surface area (Å²) in [4.78, 5) is 0. The summed E-state index contributed by atoms with van der Waals surface area (Å²) in [5.74, 6) is 0. The molecule has 0 aliphatic rings. The summed E-state index contributed by atoms with van der Waals surface area (Å²) >= 11 is 2.41. The number of hydrogen-bond acceptors (Lipinski definition) is 2. The van der Waals surface area contributed by atoms with E-state index in [1.54, 1.807) is 0 Å². The lowest BCUT2D eigenvalue weighted by atomic mass is 10.5. The quantitative estimate of drug-likeness (QED) is 0.370. The predicted molar refractivity (Wildman–Crippen MR) is 67.9 cm³/mol. The van der Waals surface area contributed by atoms with Gasteiger partial charge in [-0.1, -0.05) is 36.4 Å². The zero-order valence-corrected chi connectivity index (χ0v) is 12.0. The first-order valence-corrected chi connectivity index (χ1v) is 8.42. The van der Waals surface area contributed by atoms with Crippen LogP contribution in [0.3, 0.4) is 0 Å². The van der Waals surface area contributed by atoms with Gasteiger partial charge in [0.2, 0.25) is 0 Å². The molecule has 0 radical (unpaired) electrons. The van der Waals surface area contributed by atoms with Crippen molar-refractivity contribution in [2.75, 3.05) is 17.6 Å². The summed E-state index contributed by atoms with van der Waals surface area (Å²) in [6.07, 6.45) is 3.44. The van der Waals surface area contributed by atoms with Gasteiger partial charge in [0.05, 0.1) is 0 Å². The van der Waals surface area contributed by atoms with E-state index < -0.39 is 9.28 Å². The molecule has 0 fully saturated rings. The molecule has 0 aromatic heterocycles. The Morgan fingerprint density at radius 2 is 1.62 bits per heavy atom. The van der Waals surface area contributed by atoms with E-state index in [4.69, 9.17) is 8.85 Å². The van der Waals surface area contributed by atoms with E-state index in [-0.39, 0.29) is 0 Å². The van der Waals surface area contributed by atoms with Crippen LogP contribution < -0.4 is 0 Å². The fraction of sp³-hybridized carbons (Fsp3) is 1.00. The molecule has 0 amide bonds. The summed E-state index contributed by atoms with van der Waals surface area (Å²) in [5.41, 5.74) is 0. The van der Waals surface area contributed by atoms with Gasteiger partial charge >= 0.3 is 9.28 Å². The molecule has 4 heteroatoms. The molecular weight excluding hydrogens is 295 g/mol. The summed E-state index contributed by atoms with van der Waals surface area (Å²) in [5, 5.41) is 0. The van der Waals surface area contributed by atoms with Crippen molar-refractivity contribution < 1.29 is 8.85 Å². The van der Waals surface area contributed by atoms with Crippen molar-refractivity contribution in [2.24, 2.45) is 0 Å². The van der Waals surface area contributed by atoms with E-state index in [2.05, 4.69) is 36.4 Å². The van der Waals surface area contributed by atoms with Gasteiger partial charge < -0.3 is 8.85 Å². The first-order valence-electron chi connectivity index (χ1n) is 5.14. The normalized spacial score (nSPS) is 11.1. The summed E-state index contributed by atoms with van der Waals surface area (Å²) in [6, 6.07) is 1.17. The molecule has 0 heterocycles. The maximum Gasteiger partial charge on any atom is 0.321 e. The topological polar surface area (TPSA) is 18.5 Å². The number of hydrogen-bond donors (Lipinski definition) is 0. The molecule has 0 aromatic rings. The van der Waals surface area contributed by atoms with E-state index in [1.165, 1.54) is 16.9 Å². The van der Waals surface area contributed by atoms with Crippen molar-refractivity contribution in [2.45, 2.75) is 39.2 Å². The minimum atomic E-state index is -1.29. The van der Waals surface area contributed by atoms with E-state index >= 15 is 0 Å². The van der Waals surface area contributed by atoms with E-state index in [0.717, 1.165) is 26.1 Å². The molecule has 0 atom stereocenters. The second-order valence-corrected chi connectivity index (χ2v) is 6.18. The molecule has 0 aliphatic carbocycles. The third kappa shape index (κ3) is 9.18. The molecule has 0 rings (SSSR count). The monoisotopic (exact) mass is 316 g/mol. The van der Waals surface area contributed by atoms with Crippen molar-refractivity contribution in [3.8, 4) is 0 Å². The van der Waals surface area contributed by atoms with Crippen LogP contribution in [0, 0.1) is 0 Å². The lowest BCUT2D eigenvalue weighted by Gasteiger charge is -2.15. The van der Waals surface area contributed by atoms with Crippen molar-refractivity contribution in [3.05, 3.63) is 0 Å². The van der Waals surface area contributed by atoms with Gasteiger partial charge in [-0.15, -0.1) is 0 Å². The first-order chi connectivity index (χ1) is 6.35. The minimum Gasteiger partial charge on any atom is -0.397 e. The van der Waals surface area contributed by atoms with Gasteiger partial charge in [-0.3, -0.25) is 0 Å². The van der Waals surface area contributed by atoms with Crippen LogP contribution in [0.5, 0.6) is 0 Å². The van der Waals surface area contributed by atoms with Crippen LogP contribution in [-0.2, 0) is 8.85 Å². The number of halogens is 1. The van der Waals surface area contributed by atoms with Crippen molar-refractivity contribution in [1.82, 2.24) is 0 Å². The smallest absolute Gasteiger partial charge is 0.321 e. The van der Waals surface area contributed by atoms with Gasteiger partial charge in [-0.05, 0) is 29.7 Å². The minimum absolute atomic E-state index is 0.877. The van der Waals surface area contributed by atoms with Crippen LogP contribution in [0.2, 0.25) is 6.04 Å². The van der Waals surface area contributed by atoms with Crippen LogP contribution in [0.15, 0.2) is 0 Å². The summed E-state index contributed by atoms with van der Waals surface area (Å²) in [7, 11) is -1.29. The molecular formula is C9H21IO2Si. The Balaban J connectivity index is 3.47. The van der Waals surface area contributed by atoms with Gasteiger partial charge in [0.15, 0.2) is 0 Å². The third-order valence-corrected chi connectivity index (χ3v) is 4.45. The van der Waals surface area contributed by atoms with E-state index in [1.807, 2.05) is 0 Å². The van der Waals surface area contributed by atoms with E-state index in [9.17, 15) is 0 Å². The highest BCUT2D eigenvalue weighted by atomic mass is 127. The molecule has 80 valence electrons. The van der Waals surface area contributed by atoms with Gasteiger partial charge in [-0.25, -0.2) is 0 Å².